The van der Waals surface area contributed by atoms with Gasteiger partial charge in [0.1, 0.15) is 0 Å². The summed E-state index contributed by atoms with van der Waals surface area (Å²) in [5, 5.41) is 13.5. The summed E-state index contributed by atoms with van der Waals surface area (Å²) < 4.78 is 5.36. The molecule has 0 spiro atoms. The predicted molar refractivity (Wildman–Crippen MR) is 87.9 cm³/mol. The van der Waals surface area contributed by atoms with Gasteiger partial charge in [-0.2, -0.15) is 0 Å². The topological polar surface area (TPSA) is 44.7 Å². The highest BCUT2D eigenvalue weighted by Gasteiger charge is 2.29. The lowest BCUT2D eigenvalue weighted by Crippen LogP contribution is -2.37. The summed E-state index contributed by atoms with van der Waals surface area (Å²) >= 11 is 0. The van der Waals surface area contributed by atoms with Gasteiger partial charge in [0, 0.05) is 12.6 Å². The van der Waals surface area contributed by atoms with Crippen LogP contribution in [0.2, 0.25) is 0 Å². The molecule has 0 amide bonds. The Labute approximate surface area is 133 Å². The fourth-order valence-electron chi connectivity index (χ4n) is 3.67. The lowest BCUT2D eigenvalue weighted by Gasteiger charge is -2.32. The quantitative estimate of drug-likeness (QED) is 0.792. The van der Waals surface area contributed by atoms with Crippen LogP contribution in [0.25, 0.3) is 0 Å². The molecule has 2 heterocycles. The van der Waals surface area contributed by atoms with Crippen LogP contribution in [0, 0.1) is 5.92 Å². The van der Waals surface area contributed by atoms with E-state index in [-0.39, 0.29) is 0 Å². The fraction of sp³-hybridized carbons (Fsp3) is 0.647. The van der Waals surface area contributed by atoms with Crippen LogP contribution in [0.1, 0.15) is 36.8 Å². The first-order valence-electron chi connectivity index (χ1n) is 8.65. The van der Waals surface area contributed by atoms with Gasteiger partial charge >= 0.3 is 7.12 Å². The molecule has 22 heavy (non-hydrogen) atoms. The summed E-state index contributed by atoms with van der Waals surface area (Å²) in [6.07, 6.45) is 5.36. The number of nitrogens with one attached hydrogen (secondary N) is 1. The Kier molecular flexibility index (Phi) is 4.22. The second-order valence-corrected chi connectivity index (χ2v) is 7.05. The molecule has 2 fully saturated rings. The van der Waals surface area contributed by atoms with Crippen molar-refractivity contribution in [1.82, 2.24) is 10.2 Å². The van der Waals surface area contributed by atoms with Crippen molar-refractivity contribution in [3.63, 3.8) is 0 Å². The number of nitrogens with zero attached hydrogens (tertiary/aromatic N) is 1. The summed E-state index contributed by atoms with van der Waals surface area (Å²) in [5.41, 5.74) is 3.48. The van der Waals surface area contributed by atoms with Gasteiger partial charge in [-0.25, -0.2) is 0 Å². The molecule has 118 valence electrons. The van der Waals surface area contributed by atoms with E-state index in [4.69, 9.17) is 4.65 Å². The lowest BCUT2D eigenvalue weighted by atomic mass is 9.78. The summed E-state index contributed by atoms with van der Waals surface area (Å²) in [6, 6.07) is 7.03. The van der Waals surface area contributed by atoms with Crippen LogP contribution in [0.4, 0.5) is 0 Å². The van der Waals surface area contributed by atoms with E-state index in [0.717, 1.165) is 24.0 Å². The van der Waals surface area contributed by atoms with E-state index in [1.165, 1.54) is 56.4 Å². The van der Waals surface area contributed by atoms with Gasteiger partial charge in [-0.1, -0.05) is 18.2 Å². The maximum atomic E-state index is 9.81. The number of likely N-dealkylation sites (tertiary alicyclic amines) is 1. The Morgan fingerprint density at radius 1 is 1.23 bits per heavy atom. The first kappa shape index (κ1) is 14.7. The Hall–Kier alpha value is -0.875. The van der Waals surface area contributed by atoms with Gasteiger partial charge in [-0.3, -0.25) is 4.90 Å². The van der Waals surface area contributed by atoms with E-state index in [1.54, 1.807) is 0 Å². The number of rotatable bonds is 5. The zero-order chi connectivity index (χ0) is 14.9. The molecule has 0 bridgehead atoms. The standard InChI is InChI=1S/C17H25BN2O2/c21-18-17-3-1-2-14(16(17)12-22-18)11-20-8-6-13(7-9-20)10-19-15-4-5-15/h1-3,13,15,19,21H,4-12H2. The molecule has 4 rings (SSSR count). The molecule has 1 saturated heterocycles. The van der Waals surface area contributed by atoms with Crippen molar-refractivity contribution in [2.45, 2.75) is 44.9 Å². The van der Waals surface area contributed by atoms with E-state index in [9.17, 15) is 5.02 Å². The molecule has 1 aliphatic carbocycles. The molecule has 2 aliphatic heterocycles. The largest absolute Gasteiger partial charge is 0.491 e. The number of benzene rings is 1. The van der Waals surface area contributed by atoms with E-state index in [1.807, 2.05) is 12.1 Å². The lowest BCUT2D eigenvalue weighted by molar-refractivity contribution is 0.174. The van der Waals surface area contributed by atoms with E-state index in [0.29, 0.717) is 6.61 Å². The normalized spacial score (nSPS) is 23.0. The number of piperidine rings is 1. The minimum atomic E-state index is -0.728. The van der Waals surface area contributed by atoms with Crippen LogP contribution in [0.5, 0.6) is 0 Å². The third-order valence-corrected chi connectivity index (χ3v) is 5.33. The third-order valence-electron chi connectivity index (χ3n) is 5.33. The Bertz CT molecular complexity index is 527. The maximum absolute atomic E-state index is 9.81. The van der Waals surface area contributed by atoms with Gasteiger partial charge in [-0.05, 0) is 67.8 Å². The van der Waals surface area contributed by atoms with E-state index >= 15 is 0 Å². The maximum Gasteiger partial charge on any atom is 0.491 e. The summed E-state index contributed by atoms with van der Waals surface area (Å²) in [6.45, 7) is 5.12. The van der Waals surface area contributed by atoms with Crippen molar-refractivity contribution in [3.05, 3.63) is 29.3 Å². The minimum absolute atomic E-state index is 0.550. The van der Waals surface area contributed by atoms with Gasteiger partial charge < -0.3 is 15.0 Å². The van der Waals surface area contributed by atoms with Gasteiger partial charge in [-0.15, -0.1) is 0 Å². The van der Waals surface area contributed by atoms with Crippen LogP contribution in [0.3, 0.4) is 0 Å². The molecule has 2 N–H and O–H groups in total. The SMILES string of the molecule is OB1OCc2c(CN3CCC(CNC4CC4)CC3)cccc21. The molecule has 4 nitrogen and oxygen atoms in total. The molecular formula is C17H25BN2O2. The molecule has 3 aliphatic rings. The van der Waals surface area contributed by atoms with Crippen molar-refractivity contribution in [2.24, 2.45) is 5.92 Å². The zero-order valence-electron chi connectivity index (χ0n) is 13.1. The van der Waals surface area contributed by atoms with Crippen LogP contribution in [-0.4, -0.2) is 42.7 Å². The van der Waals surface area contributed by atoms with Crippen molar-refractivity contribution in [1.29, 1.82) is 0 Å². The third kappa shape index (κ3) is 3.23. The Balaban J connectivity index is 1.31. The highest BCUT2D eigenvalue weighted by Crippen LogP contribution is 2.23. The summed E-state index contributed by atoms with van der Waals surface area (Å²) in [5.74, 6) is 0.850. The monoisotopic (exact) mass is 300 g/mol. The Morgan fingerprint density at radius 2 is 2.05 bits per heavy atom. The average Bonchev–Trinajstić information content (AvgIpc) is 3.30. The number of hydrogen-bond acceptors (Lipinski definition) is 4. The van der Waals surface area contributed by atoms with Crippen LogP contribution in [-0.2, 0) is 17.8 Å². The van der Waals surface area contributed by atoms with Gasteiger partial charge in [0.2, 0.25) is 0 Å². The molecular weight excluding hydrogens is 275 g/mol. The molecule has 1 saturated carbocycles. The molecule has 1 aromatic carbocycles. The second-order valence-electron chi connectivity index (χ2n) is 7.05. The highest BCUT2D eigenvalue weighted by atomic mass is 16.5. The molecule has 5 heteroatoms. The van der Waals surface area contributed by atoms with Crippen LogP contribution < -0.4 is 10.8 Å². The first-order valence-corrected chi connectivity index (χ1v) is 8.65. The molecule has 0 aromatic heterocycles. The minimum Gasteiger partial charge on any atom is -0.423 e. The number of fused-ring (bicyclic) bond motifs is 1. The van der Waals surface area contributed by atoms with Gasteiger partial charge in [0.15, 0.2) is 0 Å². The fourth-order valence-corrected chi connectivity index (χ4v) is 3.67. The predicted octanol–water partition coefficient (Wildman–Crippen LogP) is 0.868. The average molecular weight is 300 g/mol. The summed E-state index contributed by atoms with van der Waals surface area (Å²) in [4.78, 5) is 2.55. The zero-order valence-corrected chi connectivity index (χ0v) is 13.1. The van der Waals surface area contributed by atoms with Crippen LogP contribution in [0.15, 0.2) is 18.2 Å². The smallest absolute Gasteiger partial charge is 0.423 e. The van der Waals surface area contributed by atoms with Crippen molar-refractivity contribution >= 4 is 12.6 Å². The molecule has 0 atom stereocenters. The van der Waals surface area contributed by atoms with Crippen molar-refractivity contribution in [2.75, 3.05) is 19.6 Å². The molecule has 0 unspecified atom stereocenters. The van der Waals surface area contributed by atoms with E-state index < -0.39 is 7.12 Å². The van der Waals surface area contributed by atoms with Gasteiger partial charge in [0.05, 0.1) is 6.61 Å². The molecule has 1 aromatic rings. The van der Waals surface area contributed by atoms with Crippen LogP contribution >= 0.6 is 0 Å². The number of hydrogen-bond donors (Lipinski definition) is 2. The first-order chi connectivity index (χ1) is 10.8. The van der Waals surface area contributed by atoms with E-state index in [2.05, 4.69) is 16.3 Å². The second kappa shape index (κ2) is 6.32. The highest BCUT2D eigenvalue weighted by molar-refractivity contribution is 6.61. The van der Waals surface area contributed by atoms with Crippen molar-refractivity contribution in [3.8, 4) is 0 Å². The molecule has 0 radical (unpaired) electrons. The Morgan fingerprint density at radius 3 is 2.82 bits per heavy atom. The van der Waals surface area contributed by atoms with Gasteiger partial charge in [0.25, 0.3) is 0 Å². The summed E-state index contributed by atoms with van der Waals surface area (Å²) in [7, 11) is -0.728. The van der Waals surface area contributed by atoms with Crippen molar-refractivity contribution < 1.29 is 9.68 Å².